The van der Waals surface area contributed by atoms with Crippen LogP contribution in [0.5, 0.6) is 0 Å². The standard InChI is InChI=1S/C17H23N3S/c1-5-10-18-17-13(3)14(4)19-16(20-17)11-21-15-9-7-6-8-12(15)2/h6-9H,5,10-11H2,1-4H3,(H,18,19,20). The average molecular weight is 301 g/mol. The summed E-state index contributed by atoms with van der Waals surface area (Å²) in [6.45, 7) is 9.37. The summed E-state index contributed by atoms with van der Waals surface area (Å²) in [6, 6.07) is 8.43. The van der Waals surface area contributed by atoms with E-state index in [1.807, 2.05) is 0 Å². The number of nitrogens with zero attached hydrogens (tertiary/aromatic N) is 2. The number of hydrogen-bond acceptors (Lipinski definition) is 4. The Hall–Kier alpha value is -1.55. The second-order valence-electron chi connectivity index (χ2n) is 5.18. The van der Waals surface area contributed by atoms with Gasteiger partial charge in [-0.1, -0.05) is 25.1 Å². The second-order valence-corrected chi connectivity index (χ2v) is 6.20. The van der Waals surface area contributed by atoms with Crippen LogP contribution < -0.4 is 5.32 Å². The van der Waals surface area contributed by atoms with Gasteiger partial charge >= 0.3 is 0 Å². The molecule has 0 unspecified atom stereocenters. The summed E-state index contributed by atoms with van der Waals surface area (Å²) in [5, 5.41) is 3.39. The SMILES string of the molecule is CCCNc1nc(CSc2ccccc2C)nc(C)c1C. The molecule has 0 fully saturated rings. The third-order valence-electron chi connectivity index (χ3n) is 3.43. The molecule has 0 aliphatic heterocycles. The maximum atomic E-state index is 4.67. The van der Waals surface area contributed by atoms with Gasteiger partial charge in [0.15, 0.2) is 0 Å². The molecule has 1 aromatic heterocycles. The van der Waals surface area contributed by atoms with E-state index in [4.69, 9.17) is 0 Å². The van der Waals surface area contributed by atoms with Crippen molar-refractivity contribution in [3.8, 4) is 0 Å². The topological polar surface area (TPSA) is 37.8 Å². The Kier molecular flexibility index (Phi) is 5.62. The van der Waals surface area contributed by atoms with Gasteiger partial charge in [0, 0.05) is 22.7 Å². The van der Waals surface area contributed by atoms with E-state index >= 15 is 0 Å². The quantitative estimate of drug-likeness (QED) is 0.796. The third kappa shape index (κ3) is 4.21. The first kappa shape index (κ1) is 15.8. The maximum absolute atomic E-state index is 4.67. The van der Waals surface area contributed by atoms with Crippen molar-refractivity contribution >= 4 is 17.6 Å². The number of anilines is 1. The van der Waals surface area contributed by atoms with E-state index in [0.29, 0.717) is 0 Å². The minimum absolute atomic E-state index is 0.798. The Morgan fingerprint density at radius 2 is 1.86 bits per heavy atom. The smallest absolute Gasteiger partial charge is 0.141 e. The first-order chi connectivity index (χ1) is 10.1. The lowest BCUT2D eigenvalue weighted by molar-refractivity contribution is 0.928. The molecule has 1 heterocycles. The first-order valence-electron chi connectivity index (χ1n) is 7.38. The number of rotatable bonds is 6. The Balaban J connectivity index is 2.13. The fourth-order valence-corrected chi connectivity index (χ4v) is 2.91. The molecule has 0 saturated heterocycles. The molecule has 0 aliphatic carbocycles. The molecular weight excluding hydrogens is 278 g/mol. The van der Waals surface area contributed by atoms with Crippen LogP contribution in [0.4, 0.5) is 5.82 Å². The van der Waals surface area contributed by atoms with Gasteiger partial charge < -0.3 is 5.32 Å². The zero-order valence-corrected chi connectivity index (χ0v) is 14.0. The van der Waals surface area contributed by atoms with Gasteiger partial charge in [-0.3, -0.25) is 0 Å². The van der Waals surface area contributed by atoms with E-state index in [-0.39, 0.29) is 0 Å². The molecular formula is C17H23N3S. The molecule has 0 saturated carbocycles. The van der Waals surface area contributed by atoms with Gasteiger partial charge in [0.2, 0.25) is 0 Å². The molecule has 0 aliphatic rings. The van der Waals surface area contributed by atoms with Crippen molar-refractivity contribution in [1.82, 2.24) is 9.97 Å². The van der Waals surface area contributed by atoms with Crippen molar-refractivity contribution in [2.75, 3.05) is 11.9 Å². The highest BCUT2D eigenvalue weighted by Crippen LogP contribution is 2.25. The predicted molar refractivity (Wildman–Crippen MR) is 91.0 cm³/mol. The van der Waals surface area contributed by atoms with Gasteiger partial charge in [-0.25, -0.2) is 9.97 Å². The van der Waals surface area contributed by atoms with Crippen molar-refractivity contribution in [2.24, 2.45) is 0 Å². The van der Waals surface area contributed by atoms with E-state index in [9.17, 15) is 0 Å². The van der Waals surface area contributed by atoms with Crippen LogP contribution in [0.2, 0.25) is 0 Å². The molecule has 2 aromatic rings. The van der Waals surface area contributed by atoms with Crippen molar-refractivity contribution < 1.29 is 0 Å². The highest BCUT2D eigenvalue weighted by Gasteiger charge is 2.08. The maximum Gasteiger partial charge on any atom is 0.141 e. The van der Waals surface area contributed by atoms with Crippen LogP contribution in [0.3, 0.4) is 0 Å². The van der Waals surface area contributed by atoms with Gasteiger partial charge in [0.25, 0.3) is 0 Å². The first-order valence-corrected chi connectivity index (χ1v) is 8.36. The Bertz CT molecular complexity index is 611. The van der Waals surface area contributed by atoms with E-state index in [2.05, 4.69) is 67.2 Å². The summed E-state index contributed by atoms with van der Waals surface area (Å²) in [4.78, 5) is 10.6. The summed E-state index contributed by atoms with van der Waals surface area (Å²) in [6.07, 6.45) is 1.09. The summed E-state index contributed by atoms with van der Waals surface area (Å²) in [5.74, 6) is 2.67. The zero-order chi connectivity index (χ0) is 15.2. The normalized spacial score (nSPS) is 10.7. The Morgan fingerprint density at radius 1 is 1.10 bits per heavy atom. The molecule has 0 radical (unpaired) electrons. The minimum atomic E-state index is 0.798. The molecule has 112 valence electrons. The number of aryl methyl sites for hydroxylation is 2. The molecule has 4 heteroatoms. The summed E-state index contributed by atoms with van der Waals surface area (Å²) < 4.78 is 0. The van der Waals surface area contributed by atoms with Gasteiger partial charge in [0.05, 0.1) is 5.75 Å². The van der Waals surface area contributed by atoms with Crippen molar-refractivity contribution in [2.45, 2.75) is 44.8 Å². The molecule has 1 aromatic carbocycles. The second kappa shape index (κ2) is 7.46. The number of thioether (sulfide) groups is 1. The highest BCUT2D eigenvalue weighted by molar-refractivity contribution is 7.98. The van der Waals surface area contributed by atoms with Gasteiger partial charge in [-0.15, -0.1) is 11.8 Å². The lowest BCUT2D eigenvalue weighted by Gasteiger charge is -2.12. The Morgan fingerprint density at radius 3 is 2.57 bits per heavy atom. The summed E-state index contributed by atoms with van der Waals surface area (Å²) in [5.41, 5.74) is 3.51. The molecule has 0 bridgehead atoms. The fourth-order valence-electron chi connectivity index (χ4n) is 2.03. The van der Waals surface area contributed by atoms with Crippen LogP contribution in [0, 0.1) is 20.8 Å². The third-order valence-corrected chi connectivity index (χ3v) is 4.60. The van der Waals surface area contributed by atoms with Crippen LogP contribution >= 0.6 is 11.8 Å². The van der Waals surface area contributed by atoms with E-state index in [1.165, 1.54) is 10.5 Å². The molecule has 0 amide bonds. The number of nitrogens with one attached hydrogen (secondary N) is 1. The van der Waals surface area contributed by atoms with E-state index in [1.54, 1.807) is 11.8 Å². The van der Waals surface area contributed by atoms with Crippen LogP contribution in [0.25, 0.3) is 0 Å². The van der Waals surface area contributed by atoms with Gasteiger partial charge in [-0.05, 0) is 38.8 Å². The predicted octanol–water partition coefficient (Wildman–Crippen LogP) is 4.52. The van der Waals surface area contributed by atoms with Crippen molar-refractivity contribution in [3.63, 3.8) is 0 Å². The molecule has 0 spiro atoms. The summed E-state index contributed by atoms with van der Waals surface area (Å²) in [7, 11) is 0. The monoisotopic (exact) mass is 301 g/mol. The molecule has 3 nitrogen and oxygen atoms in total. The number of hydrogen-bond donors (Lipinski definition) is 1. The molecule has 21 heavy (non-hydrogen) atoms. The van der Waals surface area contributed by atoms with E-state index in [0.717, 1.165) is 41.6 Å². The van der Waals surface area contributed by atoms with Crippen molar-refractivity contribution in [1.29, 1.82) is 0 Å². The van der Waals surface area contributed by atoms with Crippen LogP contribution in [0.15, 0.2) is 29.2 Å². The van der Waals surface area contributed by atoms with Crippen molar-refractivity contribution in [3.05, 3.63) is 46.9 Å². The van der Waals surface area contributed by atoms with Gasteiger partial charge in [0.1, 0.15) is 11.6 Å². The van der Waals surface area contributed by atoms with E-state index < -0.39 is 0 Å². The minimum Gasteiger partial charge on any atom is -0.370 e. The van der Waals surface area contributed by atoms with Gasteiger partial charge in [-0.2, -0.15) is 0 Å². The molecule has 1 N–H and O–H groups in total. The lowest BCUT2D eigenvalue weighted by Crippen LogP contribution is -2.08. The average Bonchev–Trinajstić information content (AvgIpc) is 2.48. The summed E-state index contributed by atoms with van der Waals surface area (Å²) >= 11 is 1.79. The lowest BCUT2D eigenvalue weighted by atomic mass is 10.2. The van der Waals surface area contributed by atoms with Crippen LogP contribution in [-0.4, -0.2) is 16.5 Å². The number of benzene rings is 1. The number of aromatic nitrogens is 2. The molecule has 0 atom stereocenters. The van der Waals surface area contributed by atoms with Crippen LogP contribution in [0.1, 0.15) is 36.0 Å². The van der Waals surface area contributed by atoms with Crippen LogP contribution in [-0.2, 0) is 5.75 Å². The Labute approximate surface area is 131 Å². The largest absolute Gasteiger partial charge is 0.370 e. The highest BCUT2D eigenvalue weighted by atomic mass is 32.2. The fraction of sp³-hybridized carbons (Fsp3) is 0.412. The zero-order valence-electron chi connectivity index (χ0n) is 13.2. The molecule has 2 rings (SSSR count).